The summed E-state index contributed by atoms with van der Waals surface area (Å²) in [5.41, 5.74) is 1.16. The molecule has 1 rings (SSSR count). The van der Waals surface area contributed by atoms with Gasteiger partial charge in [0.2, 0.25) is 0 Å². The van der Waals surface area contributed by atoms with Gasteiger partial charge in [0.1, 0.15) is 5.75 Å². The van der Waals surface area contributed by atoms with Gasteiger partial charge in [-0.15, -0.1) is 0 Å². The number of thiol groups is 1. The number of hydrogen-bond donors (Lipinski definition) is 1. The van der Waals surface area contributed by atoms with Gasteiger partial charge in [-0.3, -0.25) is 0 Å². The van der Waals surface area contributed by atoms with Crippen LogP contribution in [0.3, 0.4) is 0 Å². The summed E-state index contributed by atoms with van der Waals surface area (Å²) in [5.74, 6) is 0.801. The van der Waals surface area contributed by atoms with Gasteiger partial charge in [-0.25, -0.2) is 0 Å². The fraction of sp³-hybridized carbons (Fsp3) is 0.333. The van der Waals surface area contributed by atoms with Crippen LogP contribution in [0.25, 0.3) is 0 Å². The van der Waals surface area contributed by atoms with Crippen molar-refractivity contribution in [1.82, 2.24) is 0 Å². The van der Waals surface area contributed by atoms with Gasteiger partial charge < -0.3 is 4.18 Å². The van der Waals surface area contributed by atoms with Crippen molar-refractivity contribution in [2.24, 2.45) is 0 Å². The lowest BCUT2D eigenvalue weighted by atomic mass is 10.0. The molecule has 0 atom stereocenters. The Hall–Kier alpha value is -1.03. The van der Waals surface area contributed by atoms with Gasteiger partial charge in [0.05, 0.1) is 0 Å². The first-order chi connectivity index (χ1) is 6.09. The summed E-state index contributed by atoms with van der Waals surface area (Å²) in [6.45, 7) is 4.15. The maximum atomic E-state index is 10.2. The van der Waals surface area contributed by atoms with Gasteiger partial charge in [-0.2, -0.15) is 8.42 Å². The lowest BCUT2D eigenvalue weighted by Crippen LogP contribution is -1.91. The first-order valence-electron chi connectivity index (χ1n) is 4.02. The van der Waals surface area contributed by atoms with Crippen molar-refractivity contribution in [2.75, 3.05) is 0 Å². The van der Waals surface area contributed by atoms with Crippen molar-refractivity contribution in [1.29, 1.82) is 0 Å². The molecule has 0 saturated carbocycles. The molecule has 0 saturated heterocycles. The molecule has 0 N–H and O–H groups in total. The molecular formula is C9H12O3S. The van der Waals surface area contributed by atoms with E-state index in [0.29, 0.717) is 11.7 Å². The molecule has 1 aromatic carbocycles. The van der Waals surface area contributed by atoms with Crippen LogP contribution < -0.4 is 4.18 Å². The molecule has 0 heterocycles. The zero-order valence-corrected chi connectivity index (χ0v) is 8.45. The highest BCUT2D eigenvalue weighted by atomic mass is 32.2. The number of benzene rings is 1. The topological polar surface area (TPSA) is 43.4 Å². The maximum absolute atomic E-state index is 10.2. The highest BCUT2D eigenvalue weighted by Gasteiger charge is 1.99. The Morgan fingerprint density at radius 3 is 2.08 bits per heavy atom. The van der Waals surface area contributed by atoms with Crippen LogP contribution >= 0.6 is 0 Å². The highest BCUT2D eigenvalue weighted by molar-refractivity contribution is 7.67. The SMILES string of the molecule is CC(C)c1ccc(O[SH](=O)=O)cc1. The molecule has 13 heavy (non-hydrogen) atoms. The predicted molar refractivity (Wildman–Crippen MR) is 51.5 cm³/mol. The van der Waals surface area contributed by atoms with E-state index in [0.717, 1.165) is 5.56 Å². The van der Waals surface area contributed by atoms with Crippen molar-refractivity contribution in [3.63, 3.8) is 0 Å². The molecular weight excluding hydrogens is 188 g/mol. The summed E-state index contributed by atoms with van der Waals surface area (Å²) in [7, 11) is -2.80. The quantitative estimate of drug-likeness (QED) is 0.755. The number of hydrogen-bond acceptors (Lipinski definition) is 3. The zero-order valence-electron chi connectivity index (χ0n) is 7.56. The maximum Gasteiger partial charge on any atom is 0.299 e. The summed E-state index contributed by atoms with van der Waals surface area (Å²) in [5, 5.41) is 0. The predicted octanol–water partition coefficient (Wildman–Crippen LogP) is 1.72. The van der Waals surface area contributed by atoms with Crippen molar-refractivity contribution in [3.05, 3.63) is 29.8 Å². The minimum atomic E-state index is -2.80. The van der Waals surface area contributed by atoms with E-state index in [-0.39, 0.29) is 0 Å². The lowest BCUT2D eigenvalue weighted by molar-refractivity contribution is 0.510. The average molecular weight is 200 g/mol. The monoisotopic (exact) mass is 200 g/mol. The third-order valence-corrected chi connectivity index (χ3v) is 2.09. The second-order valence-corrected chi connectivity index (χ2v) is 3.67. The standard InChI is InChI=1S/C9H12O3S/c1-7(2)8-3-5-9(6-4-8)12-13(10)11/h3-7,13H,1-2H3. The molecule has 0 aliphatic carbocycles. The van der Waals surface area contributed by atoms with Crippen LogP contribution in [-0.2, 0) is 11.0 Å². The van der Waals surface area contributed by atoms with Gasteiger partial charge >= 0.3 is 0 Å². The molecule has 3 nitrogen and oxygen atoms in total. The largest absolute Gasteiger partial charge is 0.384 e. The van der Waals surface area contributed by atoms with Crippen LogP contribution in [0, 0.1) is 0 Å². The van der Waals surface area contributed by atoms with Gasteiger partial charge in [-0.05, 0) is 23.6 Å². The highest BCUT2D eigenvalue weighted by Crippen LogP contribution is 2.18. The van der Waals surface area contributed by atoms with E-state index in [1.807, 2.05) is 12.1 Å². The van der Waals surface area contributed by atoms with Gasteiger partial charge in [0.15, 0.2) is 0 Å². The average Bonchev–Trinajstić information content (AvgIpc) is 2.04. The summed E-state index contributed by atoms with van der Waals surface area (Å²) < 4.78 is 24.9. The molecule has 0 fully saturated rings. The summed E-state index contributed by atoms with van der Waals surface area (Å²) in [6.07, 6.45) is 0. The van der Waals surface area contributed by atoms with Crippen LogP contribution in [0.2, 0.25) is 0 Å². The molecule has 0 aliphatic rings. The van der Waals surface area contributed by atoms with Gasteiger partial charge in [-0.1, -0.05) is 26.0 Å². The van der Waals surface area contributed by atoms with E-state index in [2.05, 4.69) is 18.0 Å². The van der Waals surface area contributed by atoms with Crippen molar-refractivity contribution in [3.8, 4) is 5.75 Å². The Bertz CT molecular complexity index is 330. The molecule has 0 radical (unpaired) electrons. The first kappa shape index (κ1) is 10.1. The van der Waals surface area contributed by atoms with Gasteiger partial charge in [0.25, 0.3) is 11.0 Å². The van der Waals surface area contributed by atoms with E-state index >= 15 is 0 Å². The molecule has 4 heteroatoms. The van der Waals surface area contributed by atoms with Crippen molar-refractivity contribution in [2.45, 2.75) is 19.8 Å². The fourth-order valence-electron chi connectivity index (χ4n) is 1.000. The second-order valence-electron chi connectivity index (χ2n) is 3.04. The Balaban J connectivity index is 2.81. The minimum Gasteiger partial charge on any atom is -0.384 e. The van der Waals surface area contributed by atoms with Crippen LogP contribution in [0.1, 0.15) is 25.3 Å². The molecule has 0 aliphatic heterocycles. The summed E-state index contributed by atoms with van der Waals surface area (Å²) in [6, 6.07) is 7.03. The minimum absolute atomic E-state index is 0.362. The molecule has 0 aromatic heterocycles. The fourth-order valence-corrected chi connectivity index (χ4v) is 1.29. The molecule has 0 amide bonds. The summed E-state index contributed by atoms with van der Waals surface area (Å²) in [4.78, 5) is 0. The van der Waals surface area contributed by atoms with Crippen molar-refractivity contribution >= 4 is 11.0 Å². The summed E-state index contributed by atoms with van der Waals surface area (Å²) >= 11 is 0. The third-order valence-electron chi connectivity index (χ3n) is 1.73. The van der Waals surface area contributed by atoms with E-state index in [1.165, 1.54) is 0 Å². The van der Waals surface area contributed by atoms with Crippen LogP contribution in [0.5, 0.6) is 5.75 Å². The first-order valence-corrected chi connectivity index (χ1v) is 5.11. The second kappa shape index (κ2) is 4.28. The molecule has 0 spiro atoms. The Morgan fingerprint density at radius 2 is 1.69 bits per heavy atom. The number of rotatable bonds is 3. The van der Waals surface area contributed by atoms with Crippen LogP contribution in [0.15, 0.2) is 24.3 Å². The molecule has 0 bridgehead atoms. The smallest absolute Gasteiger partial charge is 0.299 e. The van der Waals surface area contributed by atoms with Crippen molar-refractivity contribution < 1.29 is 12.6 Å². The third kappa shape index (κ3) is 3.06. The van der Waals surface area contributed by atoms with Crippen LogP contribution in [0.4, 0.5) is 0 Å². The molecule has 0 unspecified atom stereocenters. The van der Waals surface area contributed by atoms with Gasteiger partial charge in [0, 0.05) is 0 Å². The zero-order chi connectivity index (χ0) is 9.84. The normalized spacial score (nSPS) is 10.8. The Morgan fingerprint density at radius 1 is 1.15 bits per heavy atom. The Kier molecular flexibility index (Phi) is 3.31. The van der Waals surface area contributed by atoms with E-state index in [1.54, 1.807) is 12.1 Å². The van der Waals surface area contributed by atoms with E-state index in [4.69, 9.17) is 0 Å². The van der Waals surface area contributed by atoms with E-state index in [9.17, 15) is 8.42 Å². The Labute approximate surface area is 79.5 Å². The van der Waals surface area contributed by atoms with Crippen LogP contribution in [-0.4, -0.2) is 8.42 Å². The molecule has 72 valence electrons. The lowest BCUT2D eigenvalue weighted by Gasteiger charge is -2.04. The molecule has 1 aromatic rings. The van der Waals surface area contributed by atoms with E-state index < -0.39 is 11.0 Å².